The highest BCUT2D eigenvalue weighted by Crippen LogP contribution is 2.28. The molecule has 0 radical (unpaired) electrons. The maximum atomic E-state index is 12.4. The van der Waals surface area contributed by atoms with Crippen molar-refractivity contribution in [3.63, 3.8) is 0 Å². The number of rotatable bonds is 4. The van der Waals surface area contributed by atoms with Crippen molar-refractivity contribution in [3.05, 3.63) is 47.8 Å². The van der Waals surface area contributed by atoms with Crippen LogP contribution < -0.4 is 10.1 Å². The first-order valence-electron chi connectivity index (χ1n) is 7.71. The predicted molar refractivity (Wildman–Crippen MR) is 85.4 cm³/mol. The molecule has 2 aromatic rings. The fourth-order valence-electron chi connectivity index (χ4n) is 2.80. The van der Waals surface area contributed by atoms with Gasteiger partial charge in [0.1, 0.15) is 5.75 Å². The van der Waals surface area contributed by atoms with Crippen LogP contribution in [0.1, 0.15) is 34.9 Å². The quantitative estimate of drug-likeness (QED) is 0.938. The van der Waals surface area contributed by atoms with Crippen LogP contribution >= 0.6 is 0 Å². The zero-order valence-electron chi connectivity index (χ0n) is 13.4. The normalized spacial score (nSPS) is 21.0. The molecule has 1 aromatic carbocycles. The van der Waals surface area contributed by atoms with E-state index in [9.17, 15) is 4.79 Å². The number of amides is 1. The number of nitrogens with one attached hydrogen (secondary N) is 1. The Morgan fingerprint density at radius 2 is 2.35 bits per heavy atom. The Labute approximate surface area is 135 Å². The molecule has 1 fully saturated rings. The predicted octanol–water partition coefficient (Wildman–Crippen LogP) is 2.08. The Balaban J connectivity index is 1.64. The summed E-state index contributed by atoms with van der Waals surface area (Å²) in [5.74, 6) is 0.596. The summed E-state index contributed by atoms with van der Waals surface area (Å²) in [7, 11) is 3.47. The standard InChI is InChI=1S/C17H21N3O3/c1-20-11-13(10-18-20)16-9-14(6-7-23-16)19-17(21)12-4-3-5-15(8-12)22-2/h3-5,8,10-11,14,16H,6-7,9H2,1-2H3,(H,19,21)/t14-,16-/m1/s1. The maximum Gasteiger partial charge on any atom is 0.251 e. The van der Waals surface area contributed by atoms with Gasteiger partial charge in [0.25, 0.3) is 5.91 Å². The SMILES string of the molecule is COc1cccc(C(=O)N[C@@H]2CCO[C@@H](c3cnn(C)c3)C2)c1. The van der Waals surface area contributed by atoms with Crippen molar-refractivity contribution in [1.29, 1.82) is 0 Å². The van der Waals surface area contributed by atoms with Gasteiger partial charge in [0, 0.05) is 37.0 Å². The molecule has 3 rings (SSSR count). The minimum absolute atomic E-state index is 0.0203. The lowest BCUT2D eigenvalue weighted by Gasteiger charge is -2.29. The van der Waals surface area contributed by atoms with E-state index in [0.29, 0.717) is 17.9 Å². The van der Waals surface area contributed by atoms with Gasteiger partial charge in [-0.15, -0.1) is 0 Å². The summed E-state index contributed by atoms with van der Waals surface area (Å²) in [6, 6.07) is 7.26. The van der Waals surface area contributed by atoms with Gasteiger partial charge in [-0.3, -0.25) is 9.48 Å². The highest BCUT2D eigenvalue weighted by Gasteiger charge is 2.26. The molecule has 0 spiro atoms. The lowest BCUT2D eigenvalue weighted by molar-refractivity contribution is 0.000865. The van der Waals surface area contributed by atoms with Crippen LogP contribution in [-0.2, 0) is 11.8 Å². The Morgan fingerprint density at radius 1 is 1.48 bits per heavy atom. The van der Waals surface area contributed by atoms with Crippen LogP contribution in [-0.4, -0.2) is 35.4 Å². The third-order valence-corrected chi connectivity index (χ3v) is 4.05. The van der Waals surface area contributed by atoms with Crippen molar-refractivity contribution >= 4 is 5.91 Å². The average Bonchev–Trinajstić information content (AvgIpc) is 3.02. The fourth-order valence-corrected chi connectivity index (χ4v) is 2.80. The van der Waals surface area contributed by atoms with E-state index >= 15 is 0 Å². The molecule has 0 unspecified atom stereocenters. The topological polar surface area (TPSA) is 65.4 Å². The van der Waals surface area contributed by atoms with Gasteiger partial charge in [-0.05, 0) is 31.0 Å². The van der Waals surface area contributed by atoms with E-state index in [-0.39, 0.29) is 18.1 Å². The third-order valence-electron chi connectivity index (χ3n) is 4.05. The summed E-state index contributed by atoms with van der Waals surface area (Å²) in [5.41, 5.74) is 1.65. The number of methoxy groups -OCH3 is 1. The van der Waals surface area contributed by atoms with E-state index in [2.05, 4.69) is 10.4 Å². The fraction of sp³-hybridized carbons (Fsp3) is 0.412. The van der Waals surface area contributed by atoms with E-state index in [1.807, 2.05) is 31.6 Å². The number of ether oxygens (including phenoxy) is 2. The van der Waals surface area contributed by atoms with Gasteiger partial charge in [-0.2, -0.15) is 5.10 Å². The molecular formula is C17H21N3O3. The van der Waals surface area contributed by atoms with Crippen LogP contribution in [0.3, 0.4) is 0 Å². The van der Waals surface area contributed by atoms with Crippen molar-refractivity contribution in [2.75, 3.05) is 13.7 Å². The number of nitrogens with zero attached hydrogens (tertiary/aromatic N) is 2. The first kappa shape index (κ1) is 15.6. The summed E-state index contributed by atoms with van der Waals surface area (Å²) in [5, 5.41) is 7.27. The number of hydrogen-bond donors (Lipinski definition) is 1. The Hall–Kier alpha value is -2.34. The molecule has 2 atom stereocenters. The van der Waals surface area contributed by atoms with Gasteiger partial charge in [0.05, 0.1) is 19.4 Å². The van der Waals surface area contributed by atoms with E-state index in [1.165, 1.54) is 0 Å². The lowest BCUT2D eigenvalue weighted by atomic mass is 9.99. The number of benzene rings is 1. The van der Waals surface area contributed by atoms with Crippen LogP contribution in [0.5, 0.6) is 5.75 Å². The van der Waals surface area contributed by atoms with Crippen LogP contribution in [0, 0.1) is 0 Å². The van der Waals surface area contributed by atoms with Crippen molar-refractivity contribution in [1.82, 2.24) is 15.1 Å². The molecule has 1 aliphatic heterocycles. The number of aryl methyl sites for hydroxylation is 1. The molecule has 0 aliphatic carbocycles. The third kappa shape index (κ3) is 3.71. The second-order valence-corrected chi connectivity index (χ2v) is 5.73. The molecular weight excluding hydrogens is 294 g/mol. The van der Waals surface area contributed by atoms with E-state index in [0.717, 1.165) is 18.4 Å². The number of hydrogen-bond acceptors (Lipinski definition) is 4. The minimum Gasteiger partial charge on any atom is -0.497 e. The van der Waals surface area contributed by atoms with Crippen LogP contribution in [0.25, 0.3) is 0 Å². The first-order chi connectivity index (χ1) is 11.2. The molecule has 1 N–H and O–H groups in total. The smallest absolute Gasteiger partial charge is 0.251 e. The zero-order chi connectivity index (χ0) is 16.2. The second-order valence-electron chi connectivity index (χ2n) is 5.73. The summed E-state index contributed by atoms with van der Waals surface area (Å²) in [4.78, 5) is 12.4. The molecule has 1 amide bonds. The maximum absolute atomic E-state index is 12.4. The van der Waals surface area contributed by atoms with Gasteiger partial charge < -0.3 is 14.8 Å². The molecule has 2 heterocycles. The Morgan fingerprint density at radius 3 is 3.09 bits per heavy atom. The molecule has 0 bridgehead atoms. The van der Waals surface area contributed by atoms with E-state index in [1.54, 1.807) is 23.9 Å². The molecule has 6 nitrogen and oxygen atoms in total. The lowest BCUT2D eigenvalue weighted by Crippen LogP contribution is -2.39. The Kier molecular flexibility index (Phi) is 4.62. The molecule has 23 heavy (non-hydrogen) atoms. The largest absolute Gasteiger partial charge is 0.497 e. The summed E-state index contributed by atoms with van der Waals surface area (Å²) in [6.07, 6.45) is 5.31. The van der Waals surface area contributed by atoms with Crippen LogP contribution in [0.2, 0.25) is 0 Å². The summed E-state index contributed by atoms with van der Waals surface area (Å²) >= 11 is 0. The number of aromatic nitrogens is 2. The highest BCUT2D eigenvalue weighted by atomic mass is 16.5. The van der Waals surface area contributed by atoms with Crippen molar-refractivity contribution < 1.29 is 14.3 Å². The monoisotopic (exact) mass is 315 g/mol. The van der Waals surface area contributed by atoms with Gasteiger partial charge in [0.15, 0.2) is 0 Å². The highest BCUT2D eigenvalue weighted by molar-refractivity contribution is 5.94. The first-order valence-corrected chi connectivity index (χ1v) is 7.71. The van der Waals surface area contributed by atoms with Gasteiger partial charge in [-0.1, -0.05) is 6.07 Å². The zero-order valence-corrected chi connectivity index (χ0v) is 13.4. The van der Waals surface area contributed by atoms with Crippen molar-refractivity contribution in [2.24, 2.45) is 7.05 Å². The van der Waals surface area contributed by atoms with Gasteiger partial charge >= 0.3 is 0 Å². The molecule has 1 aliphatic rings. The van der Waals surface area contributed by atoms with Gasteiger partial charge in [-0.25, -0.2) is 0 Å². The van der Waals surface area contributed by atoms with Gasteiger partial charge in [0.2, 0.25) is 0 Å². The van der Waals surface area contributed by atoms with Crippen LogP contribution in [0.15, 0.2) is 36.7 Å². The molecule has 0 saturated carbocycles. The molecule has 6 heteroatoms. The minimum atomic E-state index is -0.0827. The molecule has 1 saturated heterocycles. The summed E-state index contributed by atoms with van der Waals surface area (Å²) in [6.45, 7) is 0.628. The second kappa shape index (κ2) is 6.83. The average molecular weight is 315 g/mol. The summed E-state index contributed by atoms with van der Waals surface area (Å²) < 4.78 is 12.7. The van der Waals surface area contributed by atoms with E-state index < -0.39 is 0 Å². The number of carbonyl (C=O) groups is 1. The Bertz CT molecular complexity index is 683. The number of carbonyl (C=O) groups excluding carboxylic acids is 1. The van der Waals surface area contributed by atoms with Crippen LogP contribution in [0.4, 0.5) is 0 Å². The molecule has 1 aromatic heterocycles. The van der Waals surface area contributed by atoms with Crippen molar-refractivity contribution in [2.45, 2.75) is 25.0 Å². The molecule has 122 valence electrons. The van der Waals surface area contributed by atoms with Crippen molar-refractivity contribution in [3.8, 4) is 5.75 Å². The van der Waals surface area contributed by atoms with E-state index in [4.69, 9.17) is 9.47 Å².